The maximum absolute atomic E-state index is 13.7. The first-order valence-electron chi connectivity index (χ1n) is 5.57. The molecule has 0 saturated heterocycles. The van der Waals surface area contributed by atoms with E-state index in [9.17, 15) is 4.39 Å². The monoisotopic (exact) mass is 309 g/mol. The maximum Gasteiger partial charge on any atom is 0.139 e. The van der Waals surface area contributed by atoms with Crippen molar-refractivity contribution in [3.63, 3.8) is 0 Å². The van der Waals surface area contributed by atoms with E-state index in [4.69, 9.17) is 10.5 Å². The second-order valence-electron chi connectivity index (χ2n) is 3.82. The fourth-order valence-electron chi connectivity index (χ4n) is 1.68. The topological polar surface area (TPSA) is 35.2 Å². The van der Waals surface area contributed by atoms with E-state index in [-0.39, 0.29) is 12.4 Å². The highest BCUT2D eigenvalue weighted by molar-refractivity contribution is 9.10. The molecule has 2 N–H and O–H groups in total. The van der Waals surface area contributed by atoms with Crippen LogP contribution in [0.2, 0.25) is 0 Å². The molecule has 18 heavy (non-hydrogen) atoms. The smallest absolute Gasteiger partial charge is 0.139 e. The van der Waals surface area contributed by atoms with E-state index in [1.807, 2.05) is 24.3 Å². The van der Waals surface area contributed by atoms with E-state index in [2.05, 4.69) is 15.9 Å². The van der Waals surface area contributed by atoms with Gasteiger partial charge in [-0.2, -0.15) is 0 Å². The minimum Gasteiger partial charge on any atom is -0.484 e. The summed E-state index contributed by atoms with van der Waals surface area (Å²) >= 11 is 3.36. The van der Waals surface area contributed by atoms with Crippen molar-refractivity contribution in [2.75, 3.05) is 6.54 Å². The molecule has 2 aromatic carbocycles. The Morgan fingerprint density at radius 1 is 1.17 bits per heavy atom. The van der Waals surface area contributed by atoms with Gasteiger partial charge in [0.25, 0.3) is 0 Å². The molecule has 2 aromatic rings. The Labute approximate surface area is 114 Å². The Kier molecular flexibility index (Phi) is 4.33. The van der Waals surface area contributed by atoms with Crippen molar-refractivity contribution < 1.29 is 9.13 Å². The Balaban J connectivity index is 2.23. The highest BCUT2D eigenvalue weighted by Crippen LogP contribution is 2.25. The molecule has 0 spiro atoms. The van der Waals surface area contributed by atoms with E-state index >= 15 is 0 Å². The number of hydrogen-bond acceptors (Lipinski definition) is 2. The summed E-state index contributed by atoms with van der Waals surface area (Å²) in [6, 6.07) is 13.9. The largest absolute Gasteiger partial charge is 0.484 e. The molecule has 0 aliphatic rings. The van der Waals surface area contributed by atoms with E-state index in [1.165, 1.54) is 6.07 Å². The molecular formula is C14H13BrFNO. The summed E-state index contributed by atoms with van der Waals surface area (Å²) in [6.45, 7) is 0.216. The molecule has 0 saturated carbocycles. The molecule has 94 valence electrons. The van der Waals surface area contributed by atoms with Crippen LogP contribution < -0.4 is 10.5 Å². The molecule has 2 rings (SSSR count). The second kappa shape index (κ2) is 5.98. The summed E-state index contributed by atoms with van der Waals surface area (Å²) in [7, 11) is 0. The van der Waals surface area contributed by atoms with Gasteiger partial charge in [-0.05, 0) is 24.3 Å². The number of nitrogens with two attached hydrogens (primary N) is 1. The van der Waals surface area contributed by atoms with Crippen LogP contribution in [0.15, 0.2) is 53.0 Å². The van der Waals surface area contributed by atoms with Gasteiger partial charge in [0, 0.05) is 16.6 Å². The first-order chi connectivity index (χ1) is 8.70. The van der Waals surface area contributed by atoms with Gasteiger partial charge in [0.05, 0.1) is 0 Å². The molecule has 0 heterocycles. The zero-order valence-electron chi connectivity index (χ0n) is 9.64. The SMILES string of the molecule is NCC(Oc1cccc(Br)c1)c1ccccc1F. The number of ether oxygens (including phenoxy) is 1. The lowest BCUT2D eigenvalue weighted by molar-refractivity contribution is 0.209. The molecule has 0 aliphatic carbocycles. The van der Waals surface area contributed by atoms with Crippen molar-refractivity contribution in [2.24, 2.45) is 5.73 Å². The van der Waals surface area contributed by atoms with Gasteiger partial charge >= 0.3 is 0 Å². The summed E-state index contributed by atoms with van der Waals surface area (Å²) in [5.74, 6) is 0.353. The third-order valence-electron chi connectivity index (χ3n) is 2.54. The van der Waals surface area contributed by atoms with Crippen LogP contribution in [-0.4, -0.2) is 6.54 Å². The number of rotatable bonds is 4. The van der Waals surface area contributed by atoms with Gasteiger partial charge in [0.15, 0.2) is 0 Å². The predicted molar refractivity (Wildman–Crippen MR) is 73.0 cm³/mol. The summed E-state index contributed by atoms with van der Waals surface area (Å²) in [5.41, 5.74) is 6.13. The third kappa shape index (κ3) is 3.09. The number of benzene rings is 2. The van der Waals surface area contributed by atoms with Gasteiger partial charge in [-0.15, -0.1) is 0 Å². The fraction of sp³-hybridized carbons (Fsp3) is 0.143. The quantitative estimate of drug-likeness (QED) is 0.935. The van der Waals surface area contributed by atoms with Crippen molar-refractivity contribution in [3.05, 3.63) is 64.4 Å². The van der Waals surface area contributed by atoms with E-state index < -0.39 is 6.10 Å². The van der Waals surface area contributed by atoms with Crippen molar-refractivity contribution in [2.45, 2.75) is 6.10 Å². The van der Waals surface area contributed by atoms with Gasteiger partial charge in [-0.1, -0.05) is 40.2 Å². The van der Waals surface area contributed by atoms with Crippen molar-refractivity contribution in [1.29, 1.82) is 0 Å². The molecule has 0 amide bonds. The number of hydrogen-bond donors (Lipinski definition) is 1. The van der Waals surface area contributed by atoms with Crippen LogP contribution >= 0.6 is 15.9 Å². The van der Waals surface area contributed by atoms with Crippen LogP contribution in [0.1, 0.15) is 11.7 Å². The van der Waals surface area contributed by atoms with E-state index in [0.717, 1.165) is 4.47 Å². The molecule has 1 unspecified atom stereocenters. The van der Waals surface area contributed by atoms with Gasteiger partial charge in [0.2, 0.25) is 0 Å². The standard InChI is InChI=1S/C14H13BrFNO/c15-10-4-3-5-11(8-10)18-14(9-17)12-6-1-2-7-13(12)16/h1-8,14H,9,17H2. The minimum atomic E-state index is -0.486. The van der Waals surface area contributed by atoms with Gasteiger partial charge in [0.1, 0.15) is 17.7 Å². The second-order valence-corrected chi connectivity index (χ2v) is 4.74. The molecular weight excluding hydrogens is 297 g/mol. The molecule has 1 atom stereocenters. The van der Waals surface area contributed by atoms with Gasteiger partial charge < -0.3 is 10.5 Å². The van der Waals surface area contributed by atoms with Crippen LogP contribution in [0.5, 0.6) is 5.75 Å². The van der Waals surface area contributed by atoms with Crippen LogP contribution in [0.3, 0.4) is 0 Å². The van der Waals surface area contributed by atoms with Gasteiger partial charge in [-0.3, -0.25) is 0 Å². The maximum atomic E-state index is 13.7. The molecule has 0 fully saturated rings. The summed E-state index contributed by atoms with van der Waals surface area (Å²) in [6.07, 6.45) is -0.486. The average molecular weight is 310 g/mol. The fourth-order valence-corrected chi connectivity index (χ4v) is 2.06. The lowest BCUT2D eigenvalue weighted by Crippen LogP contribution is -2.19. The van der Waals surface area contributed by atoms with Crippen LogP contribution in [0.4, 0.5) is 4.39 Å². The average Bonchev–Trinajstić information content (AvgIpc) is 2.37. The lowest BCUT2D eigenvalue weighted by atomic mass is 10.1. The number of halogens is 2. The predicted octanol–water partition coefficient (Wildman–Crippen LogP) is 3.67. The van der Waals surface area contributed by atoms with Crippen molar-refractivity contribution in [1.82, 2.24) is 0 Å². The first kappa shape index (κ1) is 13.1. The van der Waals surface area contributed by atoms with Crippen LogP contribution in [-0.2, 0) is 0 Å². The van der Waals surface area contributed by atoms with Crippen molar-refractivity contribution in [3.8, 4) is 5.75 Å². The normalized spacial score (nSPS) is 12.2. The van der Waals surface area contributed by atoms with E-state index in [1.54, 1.807) is 18.2 Å². The van der Waals surface area contributed by atoms with Crippen molar-refractivity contribution >= 4 is 15.9 Å². The highest BCUT2D eigenvalue weighted by atomic mass is 79.9. The van der Waals surface area contributed by atoms with Gasteiger partial charge in [-0.25, -0.2) is 4.39 Å². The third-order valence-corrected chi connectivity index (χ3v) is 3.03. The zero-order chi connectivity index (χ0) is 13.0. The molecule has 2 nitrogen and oxygen atoms in total. The summed E-state index contributed by atoms with van der Waals surface area (Å²) < 4.78 is 20.3. The molecule has 0 aliphatic heterocycles. The Morgan fingerprint density at radius 3 is 2.61 bits per heavy atom. The first-order valence-corrected chi connectivity index (χ1v) is 6.36. The molecule has 0 radical (unpaired) electrons. The highest BCUT2D eigenvalue weighted by Gasteiger charge is 2.15. The molecule has 0 bridgehead atoms. The van der Waals surface area contributed by atoms with Crippen LogP contribution in [0, 0.1) is 5.82 Å². The molecule has 0 aromatic heterocycles. The Hall–Kier alpha value is -1.39. The van der Waals surface area contributed by atoms with Crippen LogP contribution in [0.25, 0.3) is 0 Å². The summed E-state index contributed by atoms with van der Waals surface area (Å²) in [5, 5.41) is 0. The van der Waals surface area contributed by atoms with E-state index in [0.29, 0.717) is 11.3 Å². The zero-order valence-corrected chi connectivity index (χ0v) is 11.2. The Bertz CT molecular complexity index is 533. The molecule has 4 heteroatoms. The summed E-state index contributed by atoms with van der Waals surface area (Å²) in [4.78, 5) is 0. The Morgan fingerprint density at radius 2 is 1.94 bits per heavy atom. The minimum absolute atomic E-state index is 0.216. The lowest BCUT2D eigenvalue weighted by Gasteiger charge is -2.18.